The van der Waals surface area contributed by atoms with Crippen LogP contribution in [0.5, 0.6) is 0 Å². The Morgan fingerprint density at radius 1 is 1.71 bits per heavy atom. The largest absolute Gasteiger partial charge is 0.480 e. The van der Waals surface area contributed by atoms with Crippen molar-refractivity contribution in [3.8, 4) is 0 Å². The summed E-state index contributed by atoms with van der Waals surface area (Å²) in [4.78, 5) is 30.7. The van der Waals surface area contributed by atoms with E-state index in [1.165, 1.54) is 23.0 Å². The van der Waals surface area contributed by atoms with Crippen LogP contribution in [0.25, 0.3) is 0 Å². The first-order valence-corrected chi connectivity index (χ1v) is 6.16. The number of hydrogen-bond acceptors (Lipinski definition) is 4. The van der Waals surface area contributed by atoms with Gasteiger partial charge in [-0.25, -0.2) is 14.6 Å². The number of imidazole rings is 1. The average molecular weight is 256 g/mol. The molecule has 92 valence electrons. The lowest BCUT2D eigenvalue weighted by Gasteiger charge is -2.20. The van der Waals surface area contributed by atoms with Crippen LogP contribution in [-0.2, 0) is 11.3 Å². The number of hydrogen-bond donors (Lipinski definition) is 3. The van der Waals surface area contributed by atoms with Gasteiger partial charge in [0.1, 0.15) is 6.04 Å². The minimum atomic E-state index is -0.966. The molecule has 7 nitrogen and oxygen atoms in total. The van der Waals surface area contributed by atoms with E-state index in [-0.39, 0.29) is 6.03 Å². The lowest BCUT2D eigenvalue weighted by Crippen LogP contribution is -2.46. The van der Waals surface area contributed by atoms with E-state index < -0.39 is 12.0 Å². The Balaban J connectivity index is 1.89. The third-order valence-corrected chi connectivity index (χ3v) is 3.43. The molecule has 1 aliphatic heterocycles. The molecule has 1 fully saturated rings. The van der Waals surface area contributed by atoms with Crippen LogP contribution in [0.1, 0.15) is 5.69 Å². The Hall–Kier alpha value is -1.70. The number of rotatable bonds is 3. The standard InChI is InChI=1S/C9H12N4O3S/c14-8(15)7-3-17-5-13(7)9(16)11-2-6-1-10-4-12-6/h1,4,7H,2-3,5H2,(H,10,12)(H,11,16)(H,14,15)/t7-/m0/s1. The zero-order chi connectivity index (χ0) is 12.3. The Kier molecular flexibility index (Phi) is 3.52. The van der Waals surface area contributed by atoms with Gasteiger partial charge in [-0.05, 0) is 0 Å². The lowest BCUT2D eigenvalue weighted by atomic mass is 10.3. The quantitative estimate of drug-likeness (QED) is 0.711. The van der Waals surface area contributed by atoms with Crippen LogP contribution in [0.4, 0.5) is 4.79 Å². The van der Waals surface area contributed by atoms with Gasteiger partial charge in [0.15, 0.2) is 0 Å². The summed E-state index contributed by atoms with van der Waals surface area (Å²) in [6, 6.07) is -1.10. The van der Waals surface area contributed by atoms with E-state index in [4.69, 9.17) is 5.11 Å². The number of nitrogens with one attached hydrogen (secondary N) is 2. The van der Waals surface area contributed by atoms with Gasteiger partial charge >= 0.3 is 12.0 Å². The van der Waals surface area contributed by atoms with Crippen molar-refractivity contribution in [3.63, 3.8) is 0 Å². The molecule has 0 unspecified atom stereocenters. The van der Waals surface area contributed by atoms with E-state index in [1.807, 2.05) is 0 Å². The van der Waals surface area contributed by atoms with Gasteiger partial charge in [0.05, 0.1) is 24.4 Å². The van der Waals surface area contributed by atoms with E-state index in [0.29, 0.717) is 18.2 Å². The van der Waals surface area contributed by atoms with Crippen molar-refractivity contribution in [1.82, 2.24) is 20.2 Å². The number of aromatic nitrogens is 2. The molecule has 1 aromatic heterocycles. The molecule has 3 N–H and O–H groups in total. The van der Waals surface area contributed by atoms with Crippen LogP contribution in [0, 0.1) is 0 Å². The highest BCUT2D eigenvalue weighted by Gasteiger charge is 2.34. The van der Waals surface area contributed by atoms with Gasteiger partial charge < -0.3 is 20.3 Å². The van der Waals surface area contributed by atoms with E-state index in [9.17, 15) is 9.59 Å². The monoisotopic (exact) mass is 256 g/mol. The zero-order valence-electron chi connectivity index (χ0n) is 8.92. The second-order valence-corrected chi connectivity index (χ2v) is 4.56. The molecule has 8 heteroatoms. The minimum absolute atomic E-state index is 0.312. The number of thioether (sulfide) groups is 1. The molecule has 0 aromatic carbocycles. The normalized spacial score (nSPS) is 19.3. The lowest BCUT2D eigenvalue weighted by molar-refractivity contribution is -0.140. The maximum atomic E-state index is 11.8. The van der Waals surface area contributed by atoms with Crippen molar-refractivity contribution in [3.05, 3.63) is 18.2 Å². The summed E-state index contributed by atoms with van der Waals surface area (Å²) in [5.74, 6) is -0.120. The van der Waals surface area contributed by atoms with Crippen LogP contribution >= 0.6 is 11.8 Å². The first-order valence-electron chi connectivity index (χ1n) is 5.01. The highest BCUT2D eigenvalue weighted by atomic mass is 32.2. The van der Waals surface area contributed by atoms with E-state index in [1.54, 1.807) is 6.20 Å². The van der Waals surface area contributed by atoms with Crippen molar-refractivity contribution < 1.29 is 14.7 Å². The molecule has 0 saturated carbocycles. The van der Waals surface area contributed by atoms with E-state index >= 15 is 0 Å². The minimum Gasteiger partial charge on any atom is -0.480 e. The molecule has 0 aliphatic carbocycles. The first kappa shape index (κ1) is 11.8. The molecule has 2 amide bonds. The van der Waals surface area contributed by atoms with Crippen LogP contribution in [0.2, 0.25) is 0 Å². The number of nitrogens with zero attached hydrogens (tertiary/aromatic N) is 2. The zero-order valence-corrected chi connectivity index (χ0v) is 9.74. The Morgan fingerprint density at radius 3 is 3.18 bits per heavy atom. The second kappa shape index (κ2) is 5.09. The molecule has 1 atom stereocenters. The summed E-state index contributed by atoms with van der Waals surface area (Å²) < 4.78 is 0. The third kappa shape index (κ3) is 2.70. The topological polar surface area (TPSA) is 98.3 Å². The van der Waals surface area contributed by atoms with Crippen LogP contribution < -0.4 is 5.32 Å². The number of amides is 2. The fourth-order valence-corrected chi connectivity index (χ4v) is 2.65. The second-order valence-electron chi connectivity index (χ2n) is 3.56. The van der Waals surface area contributed by atoms with Crippen molar-refractivity contribution in [1.29, 1.82) is 0 Å². The maximum Gasteiger partial charge on any atom is 0.327 e. The number of carbonyl (C=O) groups is 2. The maximum absolute atomic E-state index is 11.8. The molecule has 0 spiro atoms. The Morgan fingerprint density at radius 2 is 2.53 bits per heavy atom. The predicted molar refractivity (Wildman–Crippen MR) is 61.4 cm³/mol. The summed E-state index contributed by atoms with van der Waals surface area (Å²) in [5, 5.41) is 11.6. The fourth-order valence-electron chi connectivity index (χ4n) is 1.50. The summed E-state index contributed by atoms with van der Waals surface area (Å²) in [6.45, 7) is 0.312. The molecule has 17 heavy (non-hydrogen) atoms. The van der Waals surface area contributed by atoms with Crippen molar-refractivity contribution in [2.45, 2.75) is 12.6 Å². The van der Waals surface area contributed by atoms with Crippen molar-refractivity contribution in [2.24, 2.45) is 0 Å². The van der Waals surface area contributed by atoms with Gasteiger partial charge in [0, 0.05) is 11.9 Å². The van der Waals surface area contributed by atoms with Crippen LogP contribution in [0.3, 0.4) is 0 Å². The van der Waals surface area contributed by atoms with Crippen LogP contribution in [0.15, 0.2) is 12.5 Å². The SMILES string of the molecule is O=C(O)[C@@H]1CSCN1C(=O)NCc1cnc[nH]1. The summed E-state index contributed by atoms with van der Waals surface area (Å²) in [7, 11) is 0. The van der Waals surface area contributed by atoms with E-state index in [0.717, 1.165) is 5.69 Å². The first-order chi connectivity index (χ1) is 8.18. The number of carboxylic acids is 1. The molecule has 0 bridgehead atoms. The smallest absolute Gasteiger partial charge is 0.327 e. The van der Waals surface area contributed by atoms with Gasteiger partial charge in [0.25, 0.3) is 0 Å². The molecule has 1 aromatic rings. The van der Waals surface area contributed by atoms with Gasteiger partial charge in [-0.1, -0.05) is 0 Å². The van der Waals surface area contributed by atoms with Gasteiger partial charge in [0.2, 0.25) is 0 Å². The Bertz CT molecular complexity index is 408. The number of H-pyrrole nitrogens is 1. The molecule has 0 radical (unpaired) electrons. The Labute approximate surface area is 102 Å². The highest BCUT2D eigenvalue weighted by molar-refractivity contribution is 7.99. The van der Waals surface area contributed by atoms with Gasteiger partial charge in [-0.15, -0.1) is 11.8 Å². The number of aromatic amines is 1. The van der Waals surface area contributed by atoms with E-state index in [2.05, 4.69) is 15.3 Å². The number of aliphatic carboxylic acids is 1. The molecular formula is C9H12N4O3S. The molecule has 1 saturated heterocycles. The molecule has 2 rings (SSSR count). The van der Waals surface area contributed by atoms with Crippen molar-refractivity contribution in [2.75, 3.05) is 11.6 Å². The van der Waals surface area contributed by atoms with Crippen molar-refractivity contribution >= 4 is 23.8 Å². The highest BCUT2D eigenvalue weighted by Crippen LogP contribution is 2.20. The fraction of sp³-hybridized carbons (Fsp3) is 0.444. The van der Waals surface area contributed by atoms with Gasteiger partial charge in [-0.2, -0.15) is 0 Å². The van der Waals surface area contributed by atoms with Gasteiger partial charge in [-0.3, -0.25) is 0 Å². The van der Waals surface area contributed by atoms with Crippen LogP contribution in [-0.4, -0.2) is 49.6 Å². The molecule has 1 aliphatic rings. The predicted octanol–water partition coefficient (Wildman–Crippen LogP) is 0.0788. The molecular weight excluding hydrogens is 244 g/mol. The molecule has 2 heterocycles. The average Bonchev–Trinajstić information content (AvgIpc) is 2.96. The summed E-state index contributed by atoms with van der Waals surface area (Å²) in [6.07, 6.45) is 3.13. The number of carboxylic acid groups (broad SMARTS) is 1. The third-order valence-electron chi connectivity index (χ3n) is 2.41. The summed E-state index contributed by atoms with van der Waals surface area (Å²) in [5.41, 5.74) is 0.775. The summed E-state index contributed by atoms with van der Waals surface area (Å²) >= 11 is 1.43. The number of urea groups is 1. The number of carbonyl (C=O) groups excluding carboxylic acids is 1.